The van der Waals surface area contributed by atoms with E-state index in [1.54, 1.807) is 6.92 Å². The van der Waals surface area contributed by atoms with Crippen molar-refractivity contribution in [2.24, 2.45) is 0 Å². The second-order valence-corrected chi connectivity index (χ2v) is 4.78. The normalized spacial score (nSPS) is 12.3. The van der Waals surface area contributed by atoms with Crippen LogP contribution in [0.15, 0.2) is 33.2 Å². The highest BCUT2D eigenvalue weighted by Gasteiger charge is 2.14. The minimum absolute atomic E-state index is 0.213. The van der Waals surface area contributed by atoms with Crippen LogP contribution in [-0.2, 0) is 11.3 Å². The molecule has 0 aliphatic rings. The lowest BCUT2D eigenvalue weighted by molar-refractivity contribution is -0.139. The van der Waals surface area contributed by atoms with E-state index in [0.717, 1.165) is 10.0 Å². The summed E-state index contributed by atoms with van der Waals surface area (Å²) in [6.45, 7) is 1.76. The fourth-order valence-corrected chi connectivity index (χ4v) is 1.85. The first kappa shape index (κ1) is 13.7. The van der Waals surface area contributed by atoms with Gasteiger partial charge in [0.25, 0.3) is 0 Å². The molecule has 0 bridgehead atoms. The molecule has 2 rings (SSSR count). The molecular formula is C12H12BrN3O3. The largest absolute Gasteiger partial charge is 0.480 e. The number of halogens is 1. The van der Waals surface area contributed by atoms with E-state index in [4.69, 9.17) is 9.52 Å². The predicted molar refractivity (Wildman–Crippen MR) is 71.4 cm³/mol. The molecule has 2 N–H and O–H groups in total. The number of hydrogen-bond acceptors (Lipinski definition) is 5. The number of rotatable bonds is 5. The van der Waals surface area contributed by atoms with Crippen LogP contribution in [0.3, 0.4) is 0 Å². The third-order valence-electron chi connectivity index (χ3n) is 2.50. The number of aromatic nitrogens is 2. The van der Waals surface area contributed by atoms with Gasteiger partial charge < -0.3 is 9.52 Å². The zero-order valence-electron chi connectivity index (χ0n) is 10.1. The molecule has 0 amide bonds. The Labute approximate surface area is 118 Å². The second-order valence-electron chi connectivity index (χ2n) is 3.92. The van der Waals surface area contributed by atoms with E-state index in [1.165, 1.54) is 0 Å². The number of nitrogens with one attached hydrogen (secondary N) is 1. The van der Waals surface area contributed by atoms with Gasteiger partial charge in [-0.3, -0.25) is 10.1 Å². The van der Waals surface area contributed by atoms with Gasteiger partial charge in [0.05, 0.1) is 12.1 Å². The van der Waals surface area contributed by atoms with Crippen LogP contribution in [0.25, 0.3) is 11.5 Å². The summed E-state index contributed by atoms with van der Waals surface area (Å²) in [4.78, 5) is 10.7. The van der Waals surface area contributed by atoms with Gasteiger partial charge >= 0.3 is 5.97 Å². The molecule has 100 valence electrons. The van der Waals surface area contributed by atoms with Crippen molar-refractivity contribution >= 4 is 21.9 Å². The Balaban J connectivity index is 2.08. The molecule has 7 heteroatoms. The van der Waals surface area contributed by atoms with Gasteiger partial charge in [-0.05, 0) is 35.0 Å². The van der Waals surface area contributed by atoms with E-state index in [0.29, 0.717) is 11.8 Å². The lowest BCUT2D eigenvalue weighted by Crippen LogP contribution is -2.33. The Morgan fingerprint density at radius 1 is 1.47 bits per heavy atom. The smallest absolute Gasteiger partial charge is 0.320 e. The zero-order chi connectivity index (χ0) is 13.8. The highest BCUT2D eigenvalue weighted by molar-refractivity contribution is 9.10. The Morgan fingerprint density at radius 2 is 2.21 bits per heavy atom. The van der Waals surface area contributed by atoms with Crippen molar-refractivity contribution in [3.8, 4) is 11.5 Å². The lowest BCUT2D eigenvalue weighted by atomic mass is 10.2. The number of nitrogens with zero attached hydrogens (tertiary/aromatic N) is 2. The van der Waals surface area contributed by atoms with E-state index < -0.39 is 12.0 Å². The average molecular weight is 326 g/mol. The van der Waals surface area contributed by atoms with Crippen molar-refractivity contribution in [2.75, 3.05) is 0 Å². The Kier molecular flexibility index (Phi) is 4.28. The van der Waals surface area contributed by atoms with E-state index in [-0.39, 0.29) is 6.54 Å². The molecule has 19 heavy (non-hydrogen) atoms. The fourth-order valence-electron chi connectivity index (χ4n) is 1.40. The van der Waals surface area contributed by atoms with E-state index >= 15 is 0 Å². The molecule has 0 radical (unpaired) electrons. The van der Waals surface area contributed by atoms with Crippen LogP contribution in [0.1, 0.15) is 12.8 Å². The van der Waals surface area contributed by atoms with E-state index in [1.807, 2.05) is 24.3 Å². The van der Waals surface area contributed by atoms with Gasteiger partial charge in [-0.2, -0.15) is 0 Å². The first-order valence-corrected chi connectivity index (χ1v) is 6.40. The monoisotopic (exact) mass is 325 g/mol. The number of hydrogen-bond donors (Lipinski definition) is 2. The lowest BCUT2D eigenvalue weighted by Gasteiger charge is -2.05. The number of benzene rings is 1. The average Bonchev–Trinajstić information content (AvgIpc) is 2.85. The molecule has 0 fully saturated rings. The summed E-state index contributed by atoms with van der Waals surface area (Å²) in [6.07, 6.45) is 0. The SMILES string of the molecule is C[C@@H](NCc1nnc(-c2ccccc2Br)o1)C(=O)O. The van der Waals surface area contributed by atoms with Crippen LogP contribution in [0.4, 0.5) is 0 Å². The van der Waals surface area contributed by atoms with Crippen LogP contribution in [-0.4, -0.2) is 27.3 Å². The van der Waals surface area contributed by atoms with Gasteiger partial charge in [0, 0.05) is 4.47 Å². The standard InChI is InChI=1S/C12H12BrN3O3/c1-7(12(17)18)14-6-10-15-16-11(19-10)8-4-2-3-5-9(8)13/h2-5,7,14H,6H2,1H3,(H,17,18)/t7-/m1/s1. The summed E-state index contributed by atoms with van der Waals surface area (Å²) in [6, 6.07) is 6.83. The molecule has 0 aliphatic carbocycles. The highest BCUT2D eigenvalue weighted by Crippen LogP contribution is 2.26. The van der Waals surface area contributed by atoms with Crippen molar-refractivity contribution in [2.45, 2.75) is 19.5 Å². The number of carboxylic acids is 1. The van der Waals surface area contributed by atoms with Crippen LogP contribution in [0.5, 0.6) is 0 Å². The van der Waals surface area contributed by atoms with Gasteiger partial charge in [0.2, 0.25) is 11.8 Å². The Bertz CT molecular complexity index is 585. The molecule has 0 spiro atoms. The van der Waals surface area contributed by atoms with Crippen molar-refractivity contribution in [3.05, 3.63) is 34.6 Å². The molecular weight excluding hydrogens is 314 g/mol. The molecule has 6 nitrogen and oxygen atoms in total. The minimum atomic E-state index is -0.925. The maximum atomic E-state index is 10.7. The van der Waals surface area contributed by atoms with E-state index in [9.17, 15) is 4.79 Å². The summed E-state index contributed by atoms with van der Waals surface area (Å²) in [5.41, 5.74) is 0.799. The number of carboxylic acid groups (broad SMARTS) is 1. The summed E-state index contributed by atoms with van der Waals surface area (Å²) in [7, 11) is 0. The van der Waals surface area contributed by atoms with Crippen LogP contribution < -0.4 is 5.32 Å². The molecule has 2 aromatic rings. The Morgan fingerprint density at radius 3 is 2.89 bits per heavy atom. The molecule has 1 atom stereocenters. The highest BCUT2D eigenvalue weighted by atomic mass is 79.9. The van der Waals surface area contributed by atoms with Crippen molar-refractivity contribution in [1.29, 1.82) is 0 Å². The Hall–Kier alpha value is -1.73. The molecule has 1 aromatic heterocycles. The third kappa shape index (κ3) is 3.39. The van der Waals surface area contributed by atoms with Crippen molar-refractivity contribution < 1.29 is 14.3 Å². The van der Waals surface area contributed by atoms with Gasteiger partial charge in [-0.25, -0.2) is 0 Å². The maximum absolute atomic E-state index is 10.7. The van der Waals surface area contributed by atoms with Crippen molar-refractivity contribution in [3.63, 3.8) is 0 Å². The maximum Gasteiger partial charge on any atom is 0.320 e. The molecule has 0 saturated carbocycles. The van der Waals surface area contributed by atoms with Gasteiger partial charge in [-0.1, -0.05) is 12.1 Å². The first-order chi connectivity index (χ1) is 9.08. The van der Waals surface area contributed by atoms with Crippen molar-refractivity contribution in [1.82, 2.24) is 15.5 Å². The van der Waals surface area contributed by atoms with Gasteiger partial charge in [0.1, 0.15) is 6.04 Å². The molecule has 1 heterocycles. The number of aliphatic carboxylic acids is 1. The second kappa shape index (κ2) is 5.94. The molecule has 0 unspecified atom stereocenters. The first-order valence-electron chi connectivity index (χ1n) is 5.61. The quantitative estimate of drug-likeness (QED) is 0.874. The van der Waals surface area contributed by atoms with Crippen LogP contribution in [0.2, 0.25) is 0 Å². The van der Waals surface area contributed by atoms with Crippen LogP contribution in [0, 0.1) is 0 Å². The fraction of sp³-hybridized carbons (Fsp3) is 0.250. The van der Waals surface area contributed by atoms with Crippen LogP contribution >= 0.6 is 15.9 Å². The van der Waals surface area contributed by atoms with Gasteiger partial charge in [-0.15, -0.1) is 10.2 Å². The summed E-state index contributed by atoms with van der Waals surface area (Å²) >= 11 is 3.40. The predicted octanol–water partition coefficient (Wildman–Crippen LogP) is 2.06. The summed E-state index contributed by atoms with van der Waals surface area (Å²) in [5, 5.41) is 19.3. The van der Waals surface area contributed by atoms with Gasteiger partial charge in [0.15, 0.2) is 0 Å². The molecule has 1 aromatic carbocycles. The van der Waals surface area contributed by atoms with E-state index in [2.05, 4.69) is 31.4 Å². The number of carbonyl (C=O) groups is 1. The third-order valence-corrected chi connectivity index (χ3v) is 3.19. The zero-order valence-corrected chi connectivity index (χ0v) is 11.7. The summed E-state index contributed by atoms with van der Waals surface area (Å²) in [5.74, 6) is -0.184. The molecule has 0 aliphatic heterocycles. The summed E-state index contributed by atoms with van der Waals surface area (Å²) < 4.78 is 6.33. The topological polar surface area (TPSA) is 88.3 Å². The molecule has 0 saturated heterocycles. The minimum Gasteiger partial charge on any atom is -0.480 e.